The van der Waals surface area contributed by atoms with Gasteiger partial charge in [-0.05, 0) is 24.1 Å². The first-order valence-electron chi connectivity index (χ1n) is 7.95. The second-order valence-corrected chi connectivity index (χ2v) is 6.72. The van der Waals surface area contributed by atoms with E-state index in [2.05, 4.69) is 20.6 Å². The maximum absolute atomic E-state index is 12.1. The van der Waals surface area contributed by atoms with E-state index in [1.54, 1.807) is 30.6 Å². The molecule has 0 saturated carbocycles. The summed E-state index contributed by atoms with van der Waals surface area (Å²) in [6, 6.07) is 6.67. The van der Waals surface area contributed by atoms with E-state index in [0.717, 1.165) is 5.56 Å². The molecule has 2 rings (SSSR count). The lowest BCUT2D eigenvalue weighted by Crippen LogP contribution is -2.21. The highest BCUT2D eigenvalue weighted by Crippen LogP contribution is 2.18. The third-order valence-corrected chi connectivity index (χ3v) is 3.39. The first-order valence-corrected chi connectivity index (χ1v) is 7.95. The first-order chi connectivity index (χ1) is 11.7. The number of nitrogens with zero attached hydrogens (tertiary/aromatic N) is 2. The van der Waals surface area contributed by atoms with Crippen molar-refractivity contribution in [3.63, 3.8) is 0 Å². The normalized spacial score (nSPS) is 11.0. The van der Waals surface area contributed by atoms with Crippen LogP contribution in [0.4, 0.5) is 16.2 Å². The van der Waals surface area contributed by atoms with Crippen molar-refractivity contribution in [2.75, 3.05) is 10.6 Å². The number of benzene rings is 1. The van der Waals surface area contributed by atoms with Gasteiger partial charge in [-0.15, -0.1) is 0 Å². The maximum atomic E-state index is 12.1. The number of carboxylic acid groups (broad SMARTS) is 1. The van der Waals surface area contributed by atoms with Crippen molar-refractivity contribution in [1.82, 2.24) is 9.97 Å². The van der Waals surface area contributed by atoms with Crippen LogP contribution in [-0.4, -0.2) is 27.1 Å². The Morgan fingerprint density at radius 2 is 1.72 bits per heavy atom. The molecular weight excluding hydrogens is 320 g/mol. The SMILES string of the molecule is CC(C)(C)c1ncc(NC(=O)Nc2cccc(CCC(=O)O)c2)cn1. The van der Waals surface area contributed by atoms with Crippen LogP contribution in [0.25, 0.3) is 0 Å². The van der Waals surface area contributed by atoms with E-state index >= 15 is 0 Å². The lowest BCUT2D eigenvalue weighted by molar-refractivity contribution is -0.136. The standard InChI is InChI=1S/C18H22N4O3/c1-18(2,3)16-19-10-14(11-20-16)22-17(25)21-13-6-4-5-12(9-13)7-8-15(23)24/h4-6,9-11H,7-8H2,1-3H3,(H,23,24)(H2,21,22,25). The minimum atomic E-state index is -0.852. The Bertz CT molecular complexity index is 752. The summed E-state index contributed by atoms with van der Waals surface area (Å²) < 4.78 is 0. The molecule has 0 atom stereocenters. The van der Waals surface area contributed by atoms with Crippen LogP contribution in [0.2, 0.25) is 0 Å². The average molecular weight is 342 g/mol. The number of urea groups is 1. The molecule has 0 saturated heterocycles. The Labute approximate surface area is 146 Å². The summed E-state index contributed by atoms with van der Waals surface area (Å²) in [6.45, 7) is 6.04. The highest BCUT2D eigenvalue weighted by atomic mass is 16.4. The van der Waals surface area contributed by atoms with Crippen molar-refractivity contribution in [2.45, 2.75) is 39.0 Å². The number of anilines is 2. The van der Waals surface area contributed by atoms with Crippen molar-refractivity contribution in [2.24, 2.45) is 0 Å². The van der Waals surface area contributed by atoms with E-state index in [9.17, 15) is 9.59 Å². The Balaban J connectivity index is 1.96. The van der Waals surface area contributed by atoms with Gasteiger partial charge in [0.2, 0.25) is 0 Å². The third-order valence-electron chi connectivity index (χ3n) is 3.39. The summed E-state index contributed by atoms with van der Waals surface area (Å²) in [6.07, 6.45) is 3.59. The molecule has 25 heavy (non-hydrogen) atoms. The Morgan fingerprint density at radius 3 is 2.32 bits per heavy atom. The number of aryl methyl sites for hydroxylation is 1. The van der Waals surface area contributed by atoms with E-state index in [0.29, 0.717) is 23.6 Å². The highest BCUT2D eigenvalue weighted by Gasteiger charge is 2.16. The zero-order valence-electron chi connectivity index (χ0n) is 14.5. The Hall–Kier alpha value is -2.96. The molecule has 0 aliphatic rings. The van der Waals surface area contributed by atoms with Gasteiger partial charge in [0.1, 0.15) is 5.82 Å². The molecule has 7 heteroatoms. The summed E-state index contributed by atoms with van der Waals surface area (Å²) in [5.74, 6) is -0.153. The molecule has 0 unspecified atom stereocenters. The van der Waals surface area contributed by atoms with Crippen molar-refractivity contribution in [3.8, 4) is 0 Å². The number of rotatable bonds is 5. The minimum absolute atomic E-state index is 0.0487. The van der Waals surface area contributed by atoms with Gasteiger partial charge < -0.3 is 15.7 Å². The summed E-state index contributed by atoms with van der Waals surface area (Å²) in [5, 5.41) is 14.1. The second-order valence-electron chi connectivity index (χ2n) is 6.72. The minimum Gasteiger partial charge on any atom is -0.481 e. The van der Waals surface area contributed by atoms with Crippen LogP contribution in [0.3, 0.4) is 0 Å². The monoisotopic (exact) mass is 342 g/mol. The van der Waals surface area contributed by atoms with Crippen LogP contribution in [0.15, 0.2) is 36.7 Å². The highest BCUT2D eigenvalue weighted by molar-refractivity contribution is 5.99. The molecule has 2 aromatic rings. The van der Waals surface area contributed by atoms with Gasteiger partial charge in [0.25, 0.3) is 0 Å². The van der Waals surface area contributed by atoms with Crippen LogP contribution in [-0.2, 0) is 16.6 Å². The summed E-state index contributed by atoms with van der Waals surface area (Å²) >= 11 is 0. The second kappa shape index (κ2) is 7.74. The average Bonchev–Trinajstić information content (AvgIpc) is 2.53. The Morgan fingerprint density at radius 1 is 1.08 bits per heavy atom. The molecule has 0 bridgehead atoms. The predicted octanol–water partition coefficient (Wildman–Crippen LogP) is 3.44. The topological polar surface area (TPSA) is 104 Å². The molecule has 0 aliphatic carbocycles. The van der Waals surface area contributed by atoms with E-state index < -0.39 is 12.0 Å². The van der Waals surface area contributed by atoms with E-state index in [-0.39, 0.29) is 11.8 Å². The molecule has 0 aliphatic heterocycles. The summed E-state index contributed by atoms with van der Waals surface area (Å²) in [7, 11) is 0. The fourth-order valence-corrected chi connectivity index (χ4v) is 2.13. The predicted molar refractivity (Wildman–Crippen MR) is 95.8 cm³/mol. The van der Waals surface area contributed by atoms with Crippen molar-refractivity contribution in [3.05, 3.63) is 48.0 Å². The number of aromatic nitrogens is 2. The number of hydrogen-bond acceptors (Lipinski definition) is 4. The Kier molecular flexibility index (Phi) is 5.69. The zero-order valence-corrected chi connectivity index (χ0v) is 14.5. The number of aliphatic carboxylic acids is 1. The van der Waals surface area contributed by atoms with Gasteiger partial charge in [-0.3, -0.25) is 4.79 Å². The maximum Gasteiger partial charge on any atom is 0.323 e. The van der Waals surface area contributed by atoms with Crippen molar-refractivity contribution in [1.29, 1.82) is 0 Å². The molecule has 7 nitrogen and oxygen atoms in total. The van der Waals surface area contributed by atoms with Crippen LogP contribution in [0, 0.1) is 0 Å². The molecule has 1 aromatic heterocycles. The molecular formula is C18H22N4O3. The lowest BCUT2D eigenvalue weighted by atomic mass is 9.96. The third kappa shape index (κ3) is 5.87. The van der Waals surface area contributed by atoms with Gasteiger partial charge in [0.15, 0.2) is 0 Å². The van der Waals surface area contributed by atoms with Crippen molar-refractivity contribution >= 4 is 23.4 Å². The van der Waals surface area contributed by atoms with E-state index in [4.69, 9.17) is 5.11 Å². The molecule has 132 valence electrons. The van der Waals surface area contributed by atoms with Crippen LogP contribution >= 0.6 is 0 Å². The van der Waals surface area contributed by atoms with Gasteiger partial charge in [-0.1, -0.05) is 32.9 Å². The van der Waals surface area contributed by atoms with Gasteiger partial charge >= 0.3 is 12.0 Å². The fourth-order valence-electron chi connectivity index (χ4n) is 2.13. The first kappa shape index (κ1) is 18.4. The molecule has 0 fully saturated rings. The van der Waals surface area contributed by atoms with E-state index in [1.165, 1.54) is 0 Å². The number of hydrogen-bond donors (Lipinski definition) is 3. The van der Waals surface area contributed by atoms with Crippen LogP contribution < -0.4 is 10.6 Å². The molecule has 0 spiro atoms. The van der Waals surface area contributed by atoms with Gasteiger partial charge in [-0.25, -0.2) is 14.8 Å². The zero-order chi connectivity index (χ0) is 18.4. The quantitative estimate of drug-likeness (QED) is 0.772. The number of carboxylic acids is 1. The van der Waals surface area contributed by atoms with Crippen LogP contribution in [0.5, 0.6) is 0 Å². The number of carbonyl (C=O) groups is 2. The van der Waals surface area contributed by atoms with Gasteiger partial charge in [0.05, 0.1) is 18.1 Å². The van der Waals surface area contributed by atoms with Crippen LogP contribution in [0.1, 0.15) is 38.6 Å². The molecule has 0 radical (unpaired) electrons. The molecule has 1 heterocycles. The lowest BCUT2D eigenvalue weighted by Gasteiger charge is -2.16. The smallest absolute Gasteiger partial charge is 0.323 e. The number of amides is 2. The molecule has 3 N–H and O–H groups in total. The number of nitrogens with one attached hydrogen (secondary N) is 2. The fraction of sp³-hybridized carbons (Fsp3) is 0.333. The van der Waals surface area contributed by atoms with E-state index in [1.807, 2.05) is 26.8 Å². The van der Waals surface area contributed by atoms with Gasteiger partial charge in [0, 0.05) is 17.5 Å². The largest absolute Gasteiger partial charge is 0.481 e. The summed E-state index contributed by atoms with van der Waals surface area (Å²) in [4.78, 5) is 31.2. The molecule has 2 amide bonds. The van der Waals surface area contributed by atoms with Gasteiger partial charge in [-0.2, -0.15) is 0 Å². The summed E-state index contributed by atoms with van der Waals surface area (Å²) in [5.41, 5.74) is 1.77. The number of carbonyl (C=O) groups excluding carboxylic acids is 1. The molecule has 1 aromatic carbocycles. The van der Waals surface area contributed by atoms with Crippen molar-refractivity contribution < 1.29 is 14.7 Å².